The van der Waals surface area contributed by atoms with E-state index in [-0.39, 0.29) is 6.04 Å². The Morgan fingerprint density at radius 1 is 1.35 bits per heavy atom. The summed E-state index contributed by atoms with van der Waals surface area (Å²) in [5, 5.41) is 12.4. The number of nitrogens with zero attached hydrogens (tertiary/aromatic N) is 1. The average molecular weight is 270 g/mol. The van der Waals surface area contributed by atoms with Gasteiger partial charge >= 0.3 is 0 Å². The van der Waals surface area contributed by atoms with E-state index in [0.29, 0.717) is 0 Å². The topological polar surface area (TPSA) is 39.3 Å². The van der Waals surface area contributed by atoms with E-state index in [0.717, 1.165) is 38.8 Å². The molecule has 0 amide bonds. The van der Waals surface area contributed by atoms with Crippen molar-refractivity contribution in [1.29, 1.82) is 0 Å². The number of nitrogens with one attached hydrogen (secondary N) is 1. The first-order chi connectivity index (χ1) is 9.73. The third kappa shape index (κ3) is 1.60. The van der Waals surface area contributed by atoms with Gasteiger partial charge < -0.3 is 10.1 Å². The van der Waals surface area contributed by atoms with Gasteiger partial charge in [-0.05, 0) is 43.9 Å². The van der Waals surface area contributed by atoms with E-state index in [9.17, 15) is 5.11 Å². The lowest BCUT2D eigenvalue weighted by atomic mass is 9.77. The summed E-state index contributed by atoms with van der Waals surface area (Å²) in [4.78, 5) is 6.08. The van der Waals surface area contributed by atoms with E-state index >= 15 is 0 Å². The van der Waals surface area contributed by atoms with Crippen molar-refractivity contribution < 1.29 is 5.11 Å². The number of hydrogen-bond donors (Lipinski definition) is 2. The molecule has 2 N–H and O–H groups in total. The third-order valence-corrected chi connectivity index (χ3v) is 5.31. The van der Waals surface area contributed by atoms with Gasteiger partial charge in [-0.25, -0.2) is 0 Å². The predicted molar refractivity (Wildman–Crippen MR) is 80.8 cm³/mol. The summed E-state index contributed by atoms with van der Waals surface area (Å²) in [7, 11) is 0. The zero-order chi connectivity index (χ0) is 13.7. The summed E-state index contributed by atoms with van der Waals surface area (Å²) in [6.45, 7) is 4.30. The van der Waals surface area contributed by atoms with Gasteiger partial charge in [-0.15, -0.1) is 0 Å². The van der Waals surface area contributed by atoms with Gasteiger partial charge in [0.2, 0.25) is 0 Å². The second kappa shape index (κ2) is 4.34. The molecule has 20 heavy (non-hydrogen) atoms. The number of aliphatic hydroxyl groups is 1. The summed E-state index contributed by atoms with van der Waals surface area (Å²) < 4.78 is 0. The average Bonchev–Trinajstić information content (AvgIpc) is 2.85. The Kier molecular flexibility index (Phi) is 2.69. The molecule has 1 aromatic heterocycles. The minimum Gasteiger partial charge on any atom is -0.388 e. The maximum atomic E-state index is 11.1. The Balaban J connectivity index is 1.91. The zero-order valence-corrected chi connectivity index (χ0v) is 12.0. The smallest absolute Gasteiger partial charge is 0.0856 e. The lowest BCUT2D eigenvalue weighted by Crippen LogP contribution is -2.53. The second-order valence-electron chi connectivity index (χ2n) is 6.31. The molecule has 0 radical (unpaired) electrons. The molecule has 2 aromatic rings. The van der Waals surface area contributed by atoms with E-state index in [4.69, 9.17) is 0 Å². The van der Waals surface area contributed by atoms with Crippen LogP contribution < -0.4 is 0 Å². The lowest BCUT2D eigenvalue weighted by molar-refractivity contribution is -0.0903. The Hall–Kier alpha value is -1.32. The van der Waals surface area contributed by atoms with Gasteiger partial charge in [-0.1, -0.05) is 25.1 Å². The molecule has 2 aliphatic rings. The van der Waals surface area contributed by atoms with Crippen LogP contribution in [0.2, 0.25) is 0 Å². The normalized spacial score (nSPS) is 30.2. The number of piperidine rings is 1. The molecule has 3 nitrogen and oxygen atoms in total. The summed E-state index contributed by atoms with van der Waals surface area (Å²) >= 11 is 0. The van der Waals surface area contributed by atoms with Crippen molar-refractivity contribution in [2.75, 3.05) is 13.1 Å². The largest absolute Gasteiger partial charge is 0.388 e. The molecule has 1 saturated heterocycles. The highest BCUT2D eigenvalue weighted by atomic mass is 16.3. The predicted octanol–water partition coefficient (Wildman–Crippen LogP) is 3.00. The van der Waals surface area contributed by atoms with E-state index in [1.54, 1.807) is 0 Å². The molecule has 1 aromatic carbocycles. The maximum absolute atomic E-state index is 11.1. The van der Waals surface area contributed by atoms with Crippen molar-refractivity contribution >= 4 is 10.9 Å². The molecule has 106 valence electrons. The first kappa shape index (κ1) is 12.4. The summed E-state index contributed by atoms with van der Waals surface area (Å²) in [6.07, 6.45) is 3.94. The van der Waals surface area contributed by atoms with E-state index in [2.05, 4.69) is 41.1 Å². The van der Waals surface area contributed by atoms with Gasteiger partial charge in [-0.3, -0.25) is 4.90 Å². The quantitative estimate of drug-likeness (QED) is 0.836. The van der Waals surface area contributed by atoms with Gasteiger partial charge in [0.15, 0.2) is 0 Å². The molecule has 0 bridgehead atoms. The van der Waals surface area contributed by atoms with Crippen LogP contribution in [0.25, 0.3) is 10.9 Å². The van der Waals surface area contributed by atoms with Crippen LogP contribution in [0.5, 0.6) is 0 Å². The highest BCUT2D eigenvalue weighted by Gasteiger charge is 2.46. The van der Waals surface area contributed by atoms with Crippen LogP contribution in [0.4, 0.5) is 0 Å². The molecule has 2 atom stereocenters. The monoisotopic (exact) mass is 270 g/mol. The number of benzene rings is 1. The molecule has 4 rings (SSSR count). The molecule has 1 unspecified atom stereocenters. The fourth-order valence-corrected chi connectivity index (χ4v) is 4.24. The first-order valence-corrected chi connectivity index (χ1v) is 7.79. The number of hydrogen-bond acceptors (Lipinski definition) is 2. The summed E-state index contributed by atoms with van der Waals surface area (Å²) in [6, 6.07) is 8.68. The van der Waals surface area contributed by atoms with Gasteiger partial charge in [-0.2, -0.15) is 0 Å². The van der Waals surface area contributed by atoms with Gasteiger partial charge in [0.1, 0.15) is 0 Å². The number of H-pyrrole nitrogens is 1. The Morgan fingerprint density at radius 2 is 2.20 bits per heavy atom. The third-order valence-electron chi connectivity index (χ3n) is 5.31. The SMILES string of the molecule is CC[C@@]1(O)CCCN2CCc3c([nH]c4ccccc34)C21. The van der Waals surface area contributed by atoms with Crippen LogP contribution in [0.3, 0.4) is 0 Å². The van der Waals surface area contributed by atoms with Crippen molar-refractivity contribution in [3.8, 4) is 0 Å². The summed E-state index contributed by atoms with van der Waals surface area (Å²) in [5.41, 5.74) is 3.33. The highest BCUT2D eigenvalue weighted by molar-refractivity contribution is 5.85. The first-order valence-electron chi connectivity index (χ1n) is 7.79. The number of fused-ring (bicyclic) bond motifs is 5. The number of rotatable bonds is 1. The van der Waals surface area contributed by atoms with Gasteiger partial charge in [0, 0.05) is 23.1 Å². The minimum absolute atomic E-state index is 0.150. The van der Waals surface area contributed by atoms with Gasteiger partial charge in [0.25, 0.3) is 0 Å². The zero-order valence-electron chi connectivity index (χ0n) is 12.0. The number of para-hydroxylation sites is 1. The van der Waals surface area contributed by atoms with Crippen molar-refractivity contribution in [2.24, 2.45) is 0 Å². The van der Waals surface area contributed by atoms with Crippen LogP contribution >= 0.6 is 0 Å². The van der Waals surface area contributed by atoms with E-state index < -0.39 is 5.60 Å². The van der Waals surface area contributed by atoms with Gasteiger partial charge in [0.05, 0.1) is 11.6 Å². The molecule has 0 spiro atoms. The maximum Gasteiger partial charge on any atom is 0.0856 e. The standard InChI is InChI=1S/C17H22N2O/c1-2-17(20)9-5-10-19-11-8-13-12-6-3-4-7-14(12)18-15(13)16(17)19/h3-4,6-7,16,18,20H,2,5,8-11H2,1H3/t16?,17-/m1/s1. The van der Waals surface area contributed by atoms with Crippen molar-refractivity contribution in [3.63, 3.8) is 0 Å². The fourth-order valence-electron chi connectivity index (χ4n) is 4.24. The summed E-state index contributed by atoms with van der Waals surface area (Å²) in [5.74, 6) is 0. The molecule has 0 saturated carbocycles. The molecule has 3 heteroatoms. The Bertz CT molecular complexity index is 647. The Morgan fingerprint density at radius 3 is 3.05 bits per heavy atom. The number of aromatic amines is 1. The van der Waals surface area contributed by atoms with E-state index in [1.165, 1.54) is 22.2 Å². The molecule has 1 fully saturated rings. The molecular formula is C17H22N2O. The van der Waals surface area contributed by atoms with Crippen LogP contribution in [-0.2, 0) is 6.42 Å². The molecule has 2 aliphatic heterocycles. The van der Waals surface area contributed by atoms with E-state index in [1.807, 2.05) is 0 Å². The number of aromatic nitrogens is 1. The van der Waals surface area contributed by atoms with Crippen LogP contribution in [0.1, 0.15) is 43.5 Å². The van der Waals surface area contributed by atoms with Crippen molar-refractivity contribution in [3.05, 3.63) is 35.5 Å². The molecular weight excluding hydrogens is 248 g/mol. The minimum atomic E-state index is -0.575. The van der Waals surface area contributed by atoms with Crippen LogP contribution in [-0.4, -0.2) is 33.7 Å². The van der Waals surface area contributed by atoms with Crippen LogP contribution in [0, 0.1) is 0 Å². The molecule has 0 aliphatic carbocycles. The lowest BCUT2D eigenvalue weighted by Gasteiger charge is -2.49. The van der Waals surface area contributed by atoms with Crippen molar-refractivity contribution in [2.45, 2.75) is 44.2 Å². The molecule has 3 heterocycles. The Labute approximate surface area is 119 Å². The fraction of sp³-hybridized carbons (Fsp3) is 0.529. The highest BCUT2D eigenvalue weighted by Crippen LogP contribution is 2.45. The second-order valence-corrected chi connectivity index (χ2v) is 6.31. The van der Waals surface area contributed by atoms with Crippen molar-refractivity contribution in [1.82, 2.24) is 9.88 Å². The van der Waals surface area contributed by atoms with Crippen LogP contribution in [0.15, 0.2) is 24.3 Å².